The zero-order valence-electron chi connectivity index (χ0n) is 10.8. The van der Waals surface area contributed by atoms with Crippen LogP contribution in [0.15, 0.2) is 54.6 Å². The SMILES string of the molecule is O=C(Nc1ccccc1[N+](=O)[O-])C(=S)Nc1ccccc1. The number of rotatable bonds is 3. The number of nitrogens with one attached hydrogen (secondary N) is 2. The van der Waals surface area contributed by atoms with Gasteiger partial charge < -0.3 is 10.6 Å². The predicted molar refractivity (Wildman–Crippen MR) is 84.4 cm³/mol. The number of carbonyl (C=O) groups excluding carboxylic acids is 1. The van der Waals surface area contributed by atoms with Crippen LogP contribution < -0.4 is 10.6 Å². The molecule has 0 fully saturated rings. The van der Waals surface area contributed by atoms with Gasteiger partial charge in [-0.15, -0.1) is 0 Å². The van der Waals surface area contributed by atoms with Crippen LogP contribution in [0.2, 0.25) is 0 Å². The third-order valence-corrected chi connectivity index (χ3v) is 2.87. The van der Waals surface area contributed by atoms with Crippen molar-refractivity contribution in [3.05, 3.63) is 64.7 Å². The van der Waals surface area contributed by atoms with Gasteiger partial charge in [0.1, 0.15) is 5.69 Å². The van der Waals surface area contributed by atoms with Crippen molar-refractivity contribution in [1.82, 2.24) is 0 Å². The van der Waals surface area contributed by atoms with Gasteiger partial charge >= 0.3 is 0 Å². The summed E-state index contributed by atoms with van der Waals surface area (Å²) in [4.78, 5) is 22.2. The average molecular weight is 301 g/mol. The molecule has 0 unspecified atom stereocenters. The molecule has 2 aromatic carbocycles. The quantitative estimate of drug-likeness (QED) is 0.517. The van der Waals surface area contributed by atoms with Crippen LogP contribution in [0.5, 0.6) is 0 Å². The van der Waals surface area contributed by atoms with Gasteiger partial charge in [-0.3, -0.25) is 14.9 Å². The first-order chi connectivity index (χ1) is 10.1. The van der Waals surface area contributed by atoms with Gasteiger partial charge in [-0.2, -0.15) is 0 Å². The summed E-state index contributed by atoms with van der Waals surface area (Å²) in [5, 5.41) is 16.1. The minimum atomic E-state index is -0.608. The molecule has 6 nitrogen and oxygen atoms in total. The summed E-state index contributed by atoms with van der Waals surface area (Å²) >= 11 is 4.97. The lowest BCUT2D eigenvalue weighted by molar-refractivity contribution is -0.383. The summed E-state index contributed by atoms with van der Waals surface area (Å²) in [5.74, 6) is -0.608. The smallest absolute Gasteiger partial charge is 0.292 e. The van der Waals surface area contributed by atoms with Crippen LogP contribution in [0.1, 0.15) is 0 Å². The molecule has 2 N–H and O–H groups in total. The van der Waals surface area contributed by atoms with E-state index < -0.39 is 10.8 Å². The maximum atomic E-state index is 12.0. The van der Waals surface area contributed by atoms with Gasteiger partial charge in [0, 0.05) is 11.8 Å². The van der Waals surface area contributed by atoms with E-state index >= 15 is 0 Å². The standard InChI is InChI=1S/C14H11N3O3S/c18-13(14(21)15-10-6-2-1-3-7-10)16-11-8-4-5-9-12(11)17(19)20/h1-9H,(H,15,21)(H,16,18). The molecule has 0 radical (unpaired) electrons. The van der Waals surface area contributed by atoms with Crippen LogP contribution in [-0.2, 0) is 4.79 Å². The fraction of sp³-hybridized carbons (Fsp3) is 0. The molecule has 0 aliphatic carbocycles. The molecular weight excluding hydrogens is 290 g/mol. The Labute approximate surface area is 125 Å². The molecule has 2 rings (SSSR count). The van der Waals surface area contributed by atoms with Gasteiger partial charge in [-0.05, 0) is 18.2 Å². The number of nitrogens with zero attached hydrogens (tertiary/aromatic N) is 1. The Morgan fingerprint density at radius 1 is 1.00 bits per heavy atom. The highest BCUT2D eigenvalue weighted by Gasteiger charge is 2.17. The molecule has 0 aliphatic heterocycles. The van der Waals surface area contributed by atoms with Crippen molar-refractivity contribution in [3.8, 4) is 0 Å². The Hall–Kier alpha value is -2.80. The summed E-state index contributed by atoms with van der Waals surface area (Å²) in [6.45, 7) is 0. The maximum Gasteiger partial charge on any atom is 0.292 e. The number of carbonyl (C=O) groups is 1. The minimum absolute atomic E-state index is 0.0700. The van der Waals surface area contributed by atoms with E-state index in [0.29, 0.717) is 5.69 Å². The second kappa shape index (κ2) is 6.58. The number of anilines is 2. The largest absolute Gasteiger partial charge is 0.342 e. The summed E-state index contributed by atoms with van der Waals surface area (Å²) < 4.78 is 0. The van der Waals surface area contributed by atoms with Gasteiger partial charge in [0.15, 0.2) is 4.99 Å². The molecule has 0 atom stereocenters. The summed E-state index contributed by atoms with van der Waals surface area (Å²) in [7, 11) is 0. The highest BCUT2D eigenvalue weighted by atomic mass is 32.1. The van der Waals surface area contributed by atoms with Crippen molar-refractivity contribution in [2.24, 2.45) is 0 Å². The Bertz CT molecular complexity index is 689. The number of nitro groups is 1. The molecule has 21 heavy (non-hydrogen) atoms. The predicted octanol–water partition coefficient (Wildman–Crippen LogP) is 2.97. The fourth-order valence-corrected chi connectivity index (χ4v) is 1.80. The number of hydrogen-bond acceptors (Lipinski definition) is 4. The third-order valence-electron chi connectivity index (χ3n) is 2.59. The van der Waals surface area contributed by atoms with Crippen LogP contribution in [0.3, 0.4) is 0 Å². The van der Waals surface area contributed by atoms with Gasteiger partial charge in [0.05, 0.1) is 4.92 Å². The molecule has 0 saturated carbocycles. The molecular formula is C14H11N3O3S. The second-order valence-corrected chi connectivity index (χ2v) is 4.46. The van der Waals surface area contributed by atoms with Gasteiger partial charge in [0.25, 0.3) is 11.6 Å². The molecule has 106 valence electrons. The number of thiocarbonyl (C=S) groups is 1. The van der Waals surface area contributed by atoms with Crippen LogP contribution in [0.4, 0.5) is 17.1 Å². The lowest BCUT2D eigenvalue weighted by atomic mass is 10.2. The van der Waals surface area contributed by atoms with Crippen molar-refractivity contribution in [3.63, 3.8) is 0 Å². The number of para-hydroxylation sites is 3. The lowest BCUT2D eigenvalue weighted by Gasteiger charge is -2.08. The highest BCUT2D eigenvalue weighted by Crippen LogP contribution is 2.23. The van der Waals surface area contributed by atoms with E-state index in [1.165, 1.54) is 18.2 Å². The van der Waals surface area contributed by atoms with Gasteiger partial charge in [0.2, 0.25) is 0 Å². The summed E-state index contributed by atoms with van der Waals surface area (Å²) in [6.07, 6.45) is 0. The second-order valence-electron chi connectivity index (χ2n) is 4.05. The Kier molecular flexibility index (Phi) is 4.57. The first-order valence-corrected chi connectivity index (χ1v) is 6.39. The topological polar surface area (TPSA) is 84.3 Å². The first-order valence-electron chi connectivity index (χ1n) is 5.99. The normalized spacial score (nSPS) is 9.71. The van der Waals surface area contributed by atoms with Crippen LogP contribution in [0, 0.1) is 10.1 Å². The zero-order valence-corrected chi connectivity index (χ0v) is 11.6. The third kappa shape index (κ3) is 3.83. The van der Waals surface area contributed by atoms with Crippen LogP contribution in [-0.4, -0.2) is 15.8 Å². The molecule has 0 spiro atoms. The molecule has 2 aromatic rings. The molecule has 0 heterocycles. The average Bonchev–Trinajstić information content (AvgIpc) is 2.48. The van der Waals surface area contributed by atoms with E-state index in [-0.39, 0.29) is 16.4 Å². The van der Waals surface area contributed by atoms with Crippen molar-refractivity contribution in [1.29, 1.82) is 0 Å². The number of benzene rings is 2. The zero-order chi connectivity index (χ0) is 15.2. The van der Waals surface area contributed by atoms with Crippen molar-refractivity contribution in [2.75, 3.05) is 10.6 Å². The van der Waals surface area contributed by atoms with Gasteiger partial charge in [-0.1, -0.05) is 42.5 Å². The van der Waals surface area contributed by atoms with E-state index in [4.69, 9.17) is 12.2 Å². The van der Waals surface area contributed by atoms with Crippen molar-refractivity contribution in [2.45, 2.75) is 0 Å². The Balaban J connectivity index is 2.08. The highest BCUT2D eigenvalue weighted by molar-refractivity contribution is 7.82. The van der Waals surface area contributed by atoms with Crippen molar-refractivity contribution >= 4 is 40.2 Å². The van der Waals surface area contributed by atoms with E-state index in [1.54, 1.807) is 30.3 Å². The minimum Gasteiger partial charge on any atom is -0.342 e. The van der Waals surface area contributed by atoms with Crippen molar-refractivity contribution < 1.29 is 9.72 Å². The maximum absolute atomic E-state index is 12.0. The molecule has 0 aliphatic rings. The van der Waals surface area contributed by atoms with E-state index in [0.717, 1.165) is 0 Å². The Morgan fingerprint density at radius 2 is 1.62 bits per heavy atom. The summed E-state index contributed by atoms with van der Waals surface area (Å²) in [6, 6.07) is 14.8. The number of hydrogen-bond donors (Lipinski definition) is 2. The monoisotopic (exact) mass is 301 g/mol. The molecule has 1 amide bonds. The molecule has 0 aromatic heterocycles. The molecule has 0 saturated heterocycles. The van der Waals surface area contributed by atoms with E-state index in [9.17, 15) is 14.9 Å². The van der Waals surface area contributed by atoms with Crippen LogP contribution >= 0.6 is 12.2 Å². The fourth-order valence-electron chi connectivity index (χ4n) is 1.63. The lowest BCUT2D eigenvalue weighted by Crippen LogP contribution is -2.27. The number of nitro benzene ring substituents is 1. The van der Waals surface area contributed by atoms with E-state index in [1.807, 2.05) is 6.07 Å². The van der Waals surface area contributed by atoms with E-state index in [2.05, 4.69) is 10.6 Å². The number of amides is 1. The molecule has 0 bridgehead atoms. The van der Waals surface area contributed by atoms with Gasteiger partial charge in [-0.25, -0.2) is 0 Å². The Morgan fingerprint density at radius 3 is 2.29 bits per heavy atom. The molecule has 7 heteroatoms. The summed E-state index contributed by atoms with van der Waals surface area (Å²) in [5.41, 5.74) is 0.582. The first kappa shape index (κ1) is 14.6. The van der Waals surface area contributed by atoms with Crippen LogP contribution in [0.25, 0.3) is 0 Å².